The summed E-state index contributed by atoms with van der Waals surface area (Å²) in [5.41, 5.74) is 20.3. The first-order valence-electron chi connectivity index (χ1n) is 41.5. The molecule has 9 aromatic carbocycles. The van der Waals surface area contributed by atoms with Gasteiger partial charge in [-0.1, -0.05) is 123 Å². The number of ether oxygens (including phenoxy) is 8. The van der Waals surface area contributed by atoms with Gasteiger partial charge >= 0.3 is 50.5 Å². The van der Waals surface area contributed by atoms with Crippen molar-refractivity contribution in [3.05, 3.63) is 282 Å². The van der Waals surface area contributed by atoms with Crippen LogP contribution in [-0.2, 0) is 25.7 Å². The van der Waals surface area contributed by atoms with Crippen LogP contribution in [-0.4, -0.2) is 159 Å². The molecule has 0 amide bonds. The van der Waals surface area contributed by atoms with Gasteiger partial charge in [0.2, 0.25) is 0 Å². The van der Waals surface area contributed by atoms with E-state index in [9.17, 15) is 4.79 Å². The molecule has 13 nitrogen and oxygen atoms in total. The number of ketones is 1. The molecular formula is C98H113Br2I6N4O9-. The fourth-order valence-electron chi connectivity index (χ4n) is 16.5. The van der Waals surface area contributed by atoms with Crippen molar-refractivity contribution < 1.29 is 55.9 Å². The molecule has 4 fully saturated rings. The van der Waals surface area contributed by atoms with E-state index in [2.05, 4.69) is 278 Å². The number of fused-ring (bicyclic) bond motifs is 4. The molecule has 119 heavy (non-hydrogen) atoms. The normalized spacial score (nSPS) is 15.9. The van der Waals surface area contributed by atoms with Gasteiger partial charge in [0, 0.05) is 84.4 Å². The number of carbonyl (C=O) groups is 1. The average molecular weight is 2410 g/mol. The third kappa shape index (κ3) is 29.8. The van der Waals surface area contributed by atoms with Crippen LogP contribution >= 0.6 is 130 Å². The first kappa shape index (κ1) is 96.7. The second-order valence-corrected chi connectivity index (χ2v) is 48.3. The van der Waals surface area contributed by atoms with Crippen molar-refractivity contribution in [2.45, 2.75) is 109 Å². The molecular weight excluding hydrogens is 2300 g/mol. The summed E-state index contributed by atoms with van der Waals surface area (Å²) in [7, 11) is 6.83. The standard InChI is InChI=1S/C29H31NO2.C23H26BrNO2.C23H27NO2.C12H16BrNO.C11H12O2.I3.I2.HI/c1-31-26-14-16-28-24(21-26)11-15-27(22-7-3-2-4-8-22)29(28)23-9-12-25(13-10-23)32-20-19-30-17-5-6-18-30;1-26-20-9-10-21-18(16-20)6-11-22(24)23(21)17-4-7-19(8-5-17)27-15-14-25-12-2-3-13-25;1-25-21-11-12-23-19(17-21)5-4-6-22(23)18-7-9-20(10-8-18)26-16-15-24-13-2-3-14-24;13-11-3-5-12(6-4-11)15-10-9-14-7-1-2-8-14;1-13-9-5-6-10-8(7-9)3-2-4-11(10)12;1-3-2;1-2;/h2-4,7-10,12-14,16,21H,5-6,11,15,17-20H2,1H3;4-5,7-10,16H,2-3,6,11-15H2,1H3;6-12,17H,2-5,13-16H2,1H3;3-6H,1-2,7-10H2;5-7H,2-4H2,1H3;;;1H/q;;;;;-1;;. The van der Waals surface area contributed by atoms with Crippen molar-refractivity contribution in [1.82, 2.24) is 19.6 Å². The zero-order valence-corrected chi connectivity index (χ0v) is 85.3. The van der Waals surface area contributed by atoms with Crippen LogP contribution in [0.4, 0.5) is 0 Å². The zero-order valence-electron chi connectivity index (χ0n) is 69.0. The van der Waals surface area contributed by atoms with Gasteiger partial charge in [0.1, 0.15) is 72.4 Å². The Bertz CT molecular complexity index is 4670. The number of halogens is 8. The topological polar surface area (TPSA) is 104 Å². The van der Waals surface area contributed by atoms with E-state index in [1.165, 1.54) is 186 Å². The third-order valence-electron chi connectivity index (χ3n) is 22.7. The first-order valence-corrected chi connectivity index (χ1v) is 62.0. The van der Waals surface area contributed by atoms with Gasteiger partial charge in [-0.05, 0) is 354 Å². The monoisotopic (exact) mass is 2410 g/mol. The van der Waals surface area contributed by atoms with E-state index < -0.39 is 0 Å². The predicted octanol–water partition coefficient (Wildman–Crippen LogP) is 22.2. The van der Waals surface area contributed by atoms with Crippen LogP contribution < -0.4 is 51.2 Å². The molecule has 0 atom stereocenters. The molecule has 0 saturated carbocycles. The summed E-state index contributed by atoms with van der Waals surface area (Å²) in [6, 6.07) is 69.4. The molecule has 0 aromatic heterocycles. The Morgan fingerprint density at radius 3 is 1.09 bits per heavy atom. The Morgan fingerprint density at radius 1 is 0.345 bits per heavy atom. The second-order valence-electron chi connectivity index (χ2n) is 30.2. The number of carbonyl (C=O) groups excluding carboxylic acids is 1. The Labute approximate surface area is 794 Å². The van der Waals surface area contributed by atoms with Crippen LogP contribution in [0.25, 0.3) is 22.3 Å². The summed E-state index contributed by atoms with van der Waals surface area (Å²) in [5.74, 6) is 7.70. The first-order chi connectivity index (χ1) is 58.0. The summed E-state index contributed by atoms with van der Waals surface area (Å²) < 4.78 is 47.3. The number of nitrogens with zero attached hydrogens (tertiary/aromatic N) is 4. The molecule has 0 bridgehead atoms. The van der Waals surface area contributed by atoms with Crippen LogP contribution in [0, 0.1) is 0 Å². The van der Waals surface area contributed by atoms with Crippen molar-refractivity contribution in [3.63, 3.8) is 0 Å². The van der Waals surface area contributed by atoms with Crippen molar-refractivity contribution in [1.29, 1.82) is 0 Å². The molecule has 4 heterocycles. The molecule has 8 aliphatic rings. The zero-order chi connectivity index (χ0) is 82.6. The Hall–Kier alpha value is -4.55. The fraction of sp³-hybridized carbons (Fsp3) is 0.378. The number of methoxy groups -OCH3 is 4. The molecule has 4 saturated heterocycles. The van der Waals surface area contributed by atoms with E-state index in [-0.39, 0.29) is 29.8 Å². The van der Waals surface area contributed by atoms with Crippen LogP contribution in [0.5, 0.6) is 46.0 Å². The maximum atomic E-state index is 11.4. The van der Waals surface area contributed by atoms with E-state index in [1.54, 1.807) is 28.4 Å². The molecule has 0 N–H and O–H groups in total. The third-order valence-corrected chi connectivity index (χ3v) is 24.0. The Morgan fingerprint density at radius 2 is 0.681 bits per heavy atom. The van der Waals surface area contributed by atoms with Gasteiger partial charge in [0.15, 0.2) is 5.78 Å². The van der Waals surface area contributed by atoms with Crippen molar-refractivity contribution >= 4 is 158 Å². The molecule has 636 valence electrons. The minimum absolute atomic E-state index is 0. The van der Waals surface area contributed by atoms with Crippen molar-refractivity contribution in [3.8, 4) is 46.0 Å². The number of aryl methyl sites for hydroxylation is 4. The van der Waals surface area contributed by atoms with Gasteiger partial charge in [-0.3, -0.25) is 24.4 Å². The number of rotatable bonds is 24. The molecule has 0 spiro atoms. The molecule has 4 aliphatic carbocycles. The van der Waals surface area contributed by atoms with E-state index >= 15 is 0 Å². The number of benzene rings is 9. The van der Waals surface area contributed by atoms with E-state index in [0.717, 1.165) is 166 Å². The quantitative estimate of drug-likeness (QED) is 0.0537. The summed E-state index contributed by atoms with van der Waals surface area (Å²) in [5, 5.41) is 0. The summed E-state index contributed by atoms with van der Waals surface area (Å²) in [4.78, 5) is 21.3. The molecule has 17 rings (SSSR count). The van der Waals surface area contributed by atoms with Gasteiger partial charge in [-0.25, -0.2) is 0 Å². The number of hydrogen-bond acceptors (Lipinski definition) is 13. The summed E-state index contributed by atoms with van der Waals surface area (Å²) >= 11 is 16.8. The van der Waals surface area contributed by atoms with Gasteiger partial charge in [0.05, 0.1) is 28.4 Å². The maximum absolute atomic E-state index is 11.4. The SMILES string of the molecule is Brc1ccc(OCCN2CCCC2)cc1.COc1ccc2c(c1)CCC(Br)=C2c1ccc(OCCN2CCCC2)cc1.COc1ccc2c(c1)CCC(c1ccccc1)=C2c1ccc(OCCN2CCCC2)cc1.COc1ccc2c(c1)CCC=C2c1ccc(OCCN2CCCC2)cc1.COc1ccc2c(c1)CCCC2=O.I.II.I[I-]I. The second kappa shape index (κ2) is 53.0. The van der Waals surface area contributed by atoms with Crippen LogP contribution in [0.3, 0.4) is 0 Å². The summed E-state index contributed by atoms with van der Waals surface area (Å²) in [6.45, 7) is 17.0. The molecule has 9 aromatic rings. The van der Waals surface area contributed by atoms with Gasteiger partial charge < -0.3 is 37.9 Å². The van der Waals surface area contributed by atoms with Gasteiger partial charge in [-0.2, -0.15) is 0 Å². The Balaban J connectivity index is 0.000000159. The van der Waals surface area contributed by atoms with Gasteiger partial charge in [0.25, 0.3) is 0 Å². The summed E-state index contributed by atoms with van der Waals surface area (Å²) in [6.07, 6.45) is 21.9. The van der Waals surface area contributed by atoms with Crippen molar-refractivity contribution in [2.24, 2.45) is 0 Å². The van der Waals surface area contributed by atoms with Crippen LogP contribution in [0.15, 0.2) is 215 Å². The number of likely N-dealkylation sites (tertiary alicyclic amines) is 4. The van der Waals surface area contributed by atoms with E-state index in [0.29, 0.717) is 19.7 Å². The molecule has 4 aliphatic heterocycles. The average Bonchev–Trinajstić information content (AvgIpc) is 0.976. The van der Waals surface area contributed by atoms with Crippen LogP contribution in [0.1, 0.15) is 155 Å². The minimum atomic E-state index is 0. The van der Waals surface area contributed by atoms with Crippen molar-refractivity contribution in [2.75, 3.05) is 133 Å². The Kier molecular flexibility index (Phi) is 43.1. The number of Topliss-reactive ketones (excluding diaryl/α,β-unsaturated/α-hetero) is 1. The molecule has 0 radical (unpaired) electrons. The van der Waals surface area contributed by atoms with E-state index in [4.69, 9.17) is 37.9 Å². The molecule has 21 heteroatoms. The predicted molar refractivity (Wildman–Crippen MR) is 538 cm³/mol. The van der Waals surface area contributed by atoms with Crippen LogP contribution in [0.2, 0.25) is 0 Å². The number of hydrogen-bond donors (Lipinski definition) is 0. The number of allylic oxidation sites excluding steroid dienone is 3. The van der Waals surface area contributed by atoms with Gasteiger partial charge in [-0.15, -0.1) is 24.0 Å². The fourth-order valence-corrected chi connectivity index (χ4v) is 17.4. The molecule has 0 unspecified atom stereocenters. The van der Waals surface area contributed by atoms with E-state index in [1.807, 2.05) is 54.6 Å².